The third-order valence-electron chi connectivity index (χ3n) is 5.00. The van der Waals surface area contributed by atoms with Crippen LogP contribution in [0.2, 0.25) is 0 Å². The van der Waals surface area contributed by atoms with Gasteiger partial charge in [0.2, 0.25) is 0 Å². The van der Waals surface area contributed by atoms with E-state index in [2.05, 4.69) is 6.92 Å². The number of hydrogen-bond donors (Lipinski definition) is 0. The molecule has 3 nitrogen and oxygen atoms in total. The molecule has 1 heterocycles. The zero-order chi connectivity index (χ0) is 14.9. The van der Waals surface area contributed by atoms with Gasteiger partial charge in [0, 0.05) is 6.00 Å². The highest BCUT2D eigenvalue weighted by Crippen LogP contribution is 2.51. The Kier molecular flexibility index (Phi) is 4.07. The van der Waals surface area contributed by atoms with E-state index < -0.39 is 5.60 Å². The number of benzene rings is 1. The zero-order valence-electron chi connectivity index (χ0n) is 12.5. The van der Waals surface area contributed by atoms with Crippen molar-refractivity contribution in [3.8, 4) is 0 Å². The first kappa shape index (κ1) is 14.6. The summed E-state index contributed by atoms with van der Waals surface area (Å²) in [5.41, 5.74) is 0.598. The SMILES string of the molecule is [B][C@@H]1O[C@@]2(CC)CCC[C@H]1C2C(=O)OCc1ccccc1. The minimum Gasteiger partial charge on any atom is -0.461 e. The molecule has 0 spiro atoms. The van der Waals surface area contributed by atoms with Crippen LogP contribution in [0.4, 0.5) is 0 Å². The molecule has 0 amide bonds. The summed E-state index contributed by atoms with van der Waals surface area (Å²) in [6, 6.07) is 9.43. The molecular weight excluding hydrogens is 263 g/mol. The van der Waals surface area contributed by atoms with Crippen molar-refractivity contribution in [3.63, 3.8) is 0 Å². The Labute approximate surface area is 127 Å². The van der Waals surface area contributed by atoms with Gasteiger partial charge in [0.15, 0.2) is 0 Å². The molecule has 21 heavy (non-hydrogen) atoms. The van der Waals surface area contributed by atoms with Crippen molar-refractivity contribution in [2.75, 3.05) is 0 Å². The summed E-state index contributed by atoms with van der Waals surface area (Å²) in [4.78, 5) is 12.6. The van der Waals surface area contributed by atoms with Crippen LogP contribution in [-0.4, -0.2) is 25.4 Å². The molecule has 2 aliphatic rings. The molecule has 4 atom stereocenters. The number of rotatable bonds is 4. The van der Waals surface area contributed by atoms with E-state index in [4.69, 9.17) is 17.3 Å². The fourth-order valence-electron chi connectivity index (χ4n) is 3.88. The second kappa shape index (κ2) is 5.84. The lowest BCUT2D eigenvalue weighted by atomic mass is 9.66. The highest BCUT2D eigenvalue weighted by atomic mass is 16.5. The molecule has 1 aromatic rings. The summed E-state index contributed by atoms with van der Waals surface area (Å²) < 4.78 is 11.5. The monoisotopic (exact) mass is 284 g/mol. The molecule has 1 aromatic carbocycles. The topological polar surface area (TPSA) is 35.5 Å². The van der Waals surface area contributed by atoms with E-state index in [0.29, 0.717) is 6.61 Å². The molecule has 0 N–H and O–H groups in total. The van der Waals surface area contributed by atoms with Gasteiger partial charge < -0.3 is 9.47 Å². The van der Waals surface area contributed by atoms with Gasteiger partial charge in [-0.25, -0.2) is 0 Å². The second-order valence-corrected chi connectivity index (χ2v) is 6.13. The van der Waals surface area contributed by atoms with Gasteiger partial charge in [-0.3, -0.25) is 4.79 Å². The Morgan fingerprint density at radius 3 is 2.90 bits per heavy atom. The van der Waals surface area contributed by atoms with E-state index in [1.807, 2.05) is 30.3 Å². The smallest absolute Gasteiger partial charge is 0.312 e. The Morgan fingerprint density at radius 1 is 1.43 bits per heavy atom. The third kappa shape index (κ3) is 2.62. The maximum Gasteiger partial charge on any atom is 0.312 e. The predicted octanol–water partition coefficient (Wildman–Crippen LogP) is 2.82. The molecule has 2 fully saturated rings. The maximum atomic E-state index is 12.6. The molecule has 1 unspecified atom stereocenters. The van der Waals surface area contributed by atoms with Gasteiger partial charge in [0.1, 0.15) is 14.5 Å². The molecule has 4 heteroatoms. The first-order chi connectivity index (χ1) is 10.2. The molecular formula is C17H21BO3. The van der Waals surface area contributed by atoms with Crippen molar-refractivity contribution in [2.24, 2.45) is 11.8 Å². The number of hydrogen-bond acceptors (Lipinski definition) is 3. The standard InChI is InChI=1S/C17H21BO3/c1-2-17-10-6-9-13(15(18)21-17)14(17)16(19)20-11-12-7-4-3-5-8-12/h3-5,7-8,13-15H,2,6,9-11H2,1H3/t13-,14?,15+,17-/m0/s1. The Bertz CT molecular complexity index is 504. The quantitative estimate of drug-likeness (QED) is 0.630. The van der Waals surface area contributed by atoms with Gasteiger partial charge in [-0.1, -0.05) is 43.7 Å². The van der Waals surface area contributed by atoms with E-state index in [-0.39, 0.29) is 23.8 Å². The largest absolute Gasteiger partial charge is 0.461 e. The van der Waals surface area contributed by atoms with Crippen molar-refractivity contribution in [1.29, 1.82) is 0 Å². The summed E-state index contributed by atoms with van der Waals surface area (Å²) in [5, 5.41) is 0. The zero-order valence-corrected chi connectivity index (χ0v) is 12.5. The minimum absolute atomic E-state index is 0.0990. The Balaban J connectivity index is 1.71. The predicted molar refractivity (Wildman–Crippen MR) is 80.7 cm³/mol. The Hall–Kier alpha value is -1.29. The lowest BCUT2D eigenvalue weighted by Gasteiger charge is -2.37. The van der Waals surface area contributed by atoms with Crippen molar-refractivity contribution < 1.29 is 14.3 Å². The van der Waals surface area contributed by atoms with Gasteiger partial charge in [0.05, 0.1) is 11.5 Å². The van der Waals surface area contributed by atoms with Gasteiger partial charge in [0.25, 0.3) is 0 Å². The molecule has 1 saturated carbocycles. The lowest BCUT2D eigenvalue weighted by molar-refractivity contribution is -0.160. The third-order valence-corrected chi connectivity index (χ3v) is 5.00. The summed E-state index contributed by atoms with van der Waals surface area (Å²) in [5.74, 6) is -0.268. The van der Waals surface area contributed by atoms with E-state index in [9.17, 15) is 4.79 Å². The molecule has 0 aromatic heterocycles. The van der Waals surface area contributed by atoms with Crippen LogP contribution in [0.3, 0.4) is 0 Å². The van der Waals surface area contributed by atoms with Gasteiger partial charge in [-0.05, 0) is 30.7 Å². The average Bonchev–Trinajstić information content (AvgIpc) is 2.69. The van der Waals surface area contributed by atoms with Gasteiger partial charge in [-0.2, -0.15) is 0 Å². The molecule has 110 valence electrons. The van der Waals surface area contributed by atoms with Crippen LogP contribution in [0, 0.1) is 11.8 Å². The minimum atomic E-state index is -0.407. The summed E-state index contributed by atoms with van der Waals surface area (Å²) >= 11 is 0. The number of fused-ring (bicyclic) bond motifs is 2. The van der Waals surface area contributed by atoms with Crippen LogP contribution >= 0.6 is 0 Å². The first-order valence-corrected chi connectivity index (χ1v) is 7.80. The van der Waals surface area contributed by atoms with E-state index in [1.54, 1.807) is 0 Å². The van der Waals surface area contributed by atoms with E-state index in [1.165, 1.54) is 0 Å². The first-order valence-electron chi connectivity index (χ1n) is 7.80. The van der Waals surface area contributed by atoms with Crippen molar-refractivity contribution in [1.82, 2.24) is 0 Å². The van der Waals surface area contributed by atoms with E-state index >= 15 is 0 Å². The Morgan fingerprint density at radius 2 is 2.19 bits per heavy atom. The molecule has 2 bridgehead atoms. The summed E-state index contributed by atoms with van der Waals surface area (Å²) in [6.07, 6.45) is 3.74. The number of carbonyl (C=O) groups is 1. The van der Waals surface area contributed by atoms with Gasteiger partial charge >= 0.3 is 5.97 Å². The fourth-order valence-corrected chi connectivity index (χ4v) is 3.88. The van der Waals surface area contributed by atoms with Crippen LogP contribution in [0.1, 0.15) is 38.2 Å². The molecule has 1 aliphatic carbocycles. The van der Waals surface area contributed by atoms with Crippen molar-refractivity contribution >= 4 is 13.8 Å². The highest BCUT2D eigenvalue weighted by Gasteiger charge is 2.57. The number of ether oxygens (including phenoxy) is 2. The summed E-state index contributed by atoms with van der Waals surface area (Å²) in [7, 11) is 6.09. The van der Waals surface area contributed by atoms with Crippen LogP contribution < -0.4 is 0 Å². The van der Waals surface area contributed by atoms with Crippen LogP contribution in [0.15, 0.2) is 30.3 Å². The van der Waals surface area contributed by atoms with Crippen LogP contribution in [0.5, 0.6) is 0 Å². The normalized spacial score (nSPS) is 34.6. The molecule has 2 radical (unpaired) electrons. The van der Waals surface area contributed by atoms with Gasteiger partial charge in [-0.15, -0.1) is 0 Å². The number of carbonyl (C=O) groups excluding carboxylic acids is 1. The maximum absolute atomic E-state index is 12.6. The average molecular weight is 284 g/mol. The molecule has 1 aliphatic heterocycles. The van der Waals surface area contributed by atoms with Crippen molar-refractivity contribution in [2.45, 2.75) is 50.8 Å². The van der Waals surface area contributed by atoms with Crippen LogP contribution in [0.25, 0.3) is 0 Å². The van der Waals surface area contributed by atoms with E-state index in [0.717, 1.165) is 31.2 Å². The number of esters is 1. The second-order valence-electron chi connectivity index (χ2n) is 6.13. The highest BCUT2D eigenvalue weighted by molar-refractivity contribution is 6.11. The lowest BCUT2D eigenvalue weighted by Crippen LogP contribution is -2.44. The van der Waals surface area contributed by atoms with Crippen molar-refractivity contribution in [3.05, 3.63) is 35.9 Å². The van der Waals surface area contributed by atoms with Crippen LogP contribution in [-0.2, 0) is 20.9 Å². The summed E-state index contributed by atoms with van der Waals surface area (Å²) in [6.45, 7) is 2.38. The fraction of sp³-hybridized carbons (Fsp3) is 0.588. The molecule has 1 saturated heterocycles. The molecule has 3 rings (SSSR count).